The number of nitrogens with zero attached hydrogens (tertiary/aromatic N) is 3. The molecule has 0 N–H and O–H groups in total. The lowest BCUT2D eigenvalue weighted by Gasteiger charge is -2.07. The van der Waals surface area contributed by atoms with Crippen molar-refractivity contribution >= 4 is 43.6 Å². The third-order valence-corrected chi connectivity index (χ3v) is 5.52. The summed E-state index contributed by atoms with van der Waals surface area (Å²) < 4.78 is 27.2. The van der Waals surface area contributed by atoms with E-state index in [-0.39, 0.29) is 4.90 Å². The molecule has 0 aliphatic heterocycles. The molecule has 0 amide bonds. The van der Waals surface area contributed by atoms with Gasteiger partial charge in [0.05, 0.1) is 10.3 Å². The summed E-state index contributed by atoms with van der Waals surface area (Å²) in [4.78, 5) is 8.38. The summed E-state index contributed by atoms with van der Waals surface area (Å²) in [7, 11) is -3.63. The first-order valence-electron chi connectivity index (χ1n) is 5.80. The van der Waals surface area contributed by atoms with Gasteiger partial charge in [-0.2, -0.15) is 0 Å². The monoisotopic (exact) mass is 399 g/mol. The Hall–Kier alpha value is -1.48. The van der Waals surface area contributed by atoms with Crippen LogP contribution in [0, 0.1) is 10.6 Å². The van der Waals surface area contributed by atoms with E-state index in [1.807, 2.05) is 6.92 Å². The van der Waals surface area contributed by atoms with Crippen LogP contribution in [0.25, 0.3) is 11.0 Å². The number of halogens is 1. The van der Waals surface area contributed by atoms with Crippen molar-refractivity contribution < 1.29 is 8.42 Å². The second-order valence-corrected chi connectivity index (χ2v) is 7.17. The summed E-state index contributed by atoms with van der Waals surface area (Å²) in [5.74, 6) is 0. The lowest BCUT2D eigenvalue weighted by molar-refractivity contribution is 0.588. The molecule has 0 unspecified atom stereocenters. The molecule has 20 heavy (non-hydrogen) atoms. The average molecular weight is 399 g/mol. The lowest BCUT2D eigenvalue weighted by atomic mass is 10.2. The van der Waals surface area contributed by atoms with Gasteiger partial charge >= 0.3 is 0 Å². The van der Waals surface area contributed by atoms with Crippen LogP contribution in [0.2, 0.25) is 0 Å². The molecule has 2 heterocycles. The van der Waals surface area contributed by atoms with Crippen molar-refractivity contribution in [2.75, 3.05) is 0 Å². The maximum Gasteiger partial charge on any atom is 0.269 e. The van der Waals surface area contributed by atoms with E-state index in [4.69, 9.17) is 0 Å². The molecule has 0 bridgehead atoms. The van der Waals surface area contributed by atoms with E-state index < -0.39 is 10.0 Å². The molecule has 0 radical (unpaired) electrons. The van der Waals surface area contributed by atoms with E-state index >= 15 is 0 Å². The van der Waals surface area contributed by atoms with E-state index in [9.17, 15) is 8.42 Å². The summed E-state index contributed by atoms with van der Waals surface area (Å²) in [6.07, 6.45) is 2.88. The minimum Gasteiger partial charge on any atom is -0.230 e. The molecule has 0 atom stereocenters. The van der Waals surface area contributed by atoms with Crippen LogP contribution in [0.1, 0.15) is 5.56 Å². The molecule has 102 valence electrons. The summed E-state index contributed by atoms with van der Waals surface area (Å²) in [5, 5.41) is 0.726. The molecule has 0 saturated heterocycles. The van der Waals surface area contributed by atoms with Crippen LogP contribution in [0.5, 0.6) is 0 Å². The van der Waals surface area contributed by atoms with E-state index in [0.29, 0.717) is 5.65 Å². The van der Waals surface area contributed by atoms with Gasteiger partial charge in [-0.25, -0.2) is 22.4 Å². The topological polar surface area (TPSA) is 64.8 Å². The molecule has 0 aliphatic carbocycles. The molecule has 0 aliphatic rings. The second-order valence-electron chi connectivity index (χ2n) is 4.33. The first-order chi connectivity index (χ1) is 9.50. The van der Waals surface area contributed by atoms with Crippen molar-refractivity contribution in [3.8, 4) is 0 Å². The van der Waals surface area contributed by atoms with Gasteiger partial charge in [-0.05, 0) is 47.7 Å². The fourth-order valence-corrected chi connectivity index (χ4v) is 3.76. The van der Waals surface area contributed by atoms with Crippen LogP contribution in [0.3, 0.4) is 0 Å². The van der Waals surface area contributed by atoms with Gasteiger partial charge in [0, 0.05) is 6.20 Å². The van der Waals surface area contributed by atoms with Crippen LogP contribution in [-0.4, -0.2) is 22.4 Å². The average Bonchev–Trinajstić information content (AvgIpc) is 2.85. The molecule has 5 nitrogen and oxygen atoms in total. The molecule has 7 heteroatoms. The summed E-state index contributed by atoms with van der Waals surface area (Å²) in [6.45, 7) is 1.91. The number of rotatable bonds is 2. The Kier molecular flexibility index (Phi) is 3.25. The largest absolute Gasteiger partial charge is 0.269 e. The minimum atomic E-state index is -3.63. The van der Waals surface area contributed by atoms with Crippen LogP contribution in [0.15, 0.2) is 47.8 Å². The van der Waals surface area contributed by atoms with Crippen LogP contribution in [-0.2, 0) is 10.0 Å². The molecule has 1 aromatic carbocycles. The Morgan fingerprint density at radius 3 is 2.50 bits per heavy atom. The van der Waals surface area contributed by atoms with Gasteiger partial charge in [0.2, 0.25) is 0 Å². The van der Waals surface area contributed by atoms with Crippen molar-refractivity contribution in [3.05, 3.63) is 52.1 Å². The smallest absolute Gasteiger partial charge is 0.230 e. The van der Waals surface area contributed by atoms with E-state index in [0.717, 1.165) is 14.7 Å². The zero-order valence-electron chi connectivity index (χ0n) is 10.5. The summed E-state index contributed by atoms with van der Waals surface area (Å²) >= 11 is 2.06. The number of fused-ring (bicyclic) bond motifs is 1. The predicted molar refractivity (Wildman–Crippen MR) is 84.0 cm³/mol. The van der Waals surface area contributed by atoms with Gasteiger partial charge in [-0.1, -0.05) is 17.7 Å². The Bertz CT molecular complexity index is 886. The summed E-state index contributed by atoms with van der Waals surface area (Å²) in [5.41, 5.74) is 1.41. The molecule has 3 rings (SSSR count). The molecule has 3 aromatic rings. The number of hydrogen-bond acceptors (Lipinski definition) is 4. The number of hydrogen-bond donors (Lipinski definition) is 0. The van der Waals surface area contributed by atoms with Gasteiger partial charge in [0.15, 0.2) is 5.65 Å². The highest BCUT2D eigenvalue weighted by Gasteiger charge is 2.20. The quantitative estimate of drug-likeness (QED) is 0.491. The number of benzene rings is 1. The standard InChI is InChI=1S/C13H10IN3O2S/c1-9-2-4-10(5-3-9)20(18,19)17-7-6-11-12(14)15-8-16-13(11)17/h2-8H,1H3. The fourth-order valence-electron chi connectivity index (χ4n) is 1.92. The number of aromatic nitrogens is 3. The second kappa shape index (κ2) is 4.81. The van der Waals surface area contributed by atoms with E-state index in [1.165, 1.54) is 16.5 Å². The SMILES string of the molecule is Cc1ccc(S(=O)(=O)n2ccc3c(I)ncnc32)cc1. The summed E-state index contributed by atoms with van der Waals surface area (Å²) in [6, 6.07) is 8.46. The number of aryl methyl sites for hydroxylation is 1. The predicted octanol–water partition coefficient (Wildman–Crippen LogP) is 2.58. The first kappa shape index (κ1) is 13.5. The van der Waals surface area contributed by atoms with Gasteiger partial charge in [0.25, 0.3) is 10.0 Å². The Morgan fingerprint density at radius 1 is 1.10 bits per heavy atom. The zero-order chi connectivity index (χ0) is 14.3. The van der Waals surface area contributed by atoms with Crippen molar-refractivity contribution in [2.24, 2.45) is 0 Å². The third-order valence-electron chi connectivity index (χ3n) is 2.98. The molecule has 0 saturated carbocycles. The Morgan fingerprint density at radius 2 is 1.80 bits per heavy atom. The molecular weight excluding hydrogens is 389 g/mol. The van der Waals surface area contributed by atoms with Gasteiger partial charge in [0.1, 0.15) is 10.0 Å². The minimum absolute atomic E-state index is 0.245. The van der Waals surface area contributed by atoms with Gasteiger partial charge in [-0.15, -0.1) is 0 Å². The highest BCUT2D eigenvalue weighted by atomic mass is 127. The van der Waals surface area contributed by atoms with Crippen LogP contribution >= 0.6 is 22.6 Å². The van der Waals surface area contributed by atoms with Gasteiger partial charge in [-0.3, -0.25) is 0 Å². The van der Waals surface area contributed by atoms with Crippen molar-refractivity contribution in [3.63, 3.8) is 0 Å². The van der Waals surface area contributed by atoms with E-state index in [1.54, 1.807) is 30.3 Å². The Labute approximate surface area is 129 Å². The van der Waals surface area contributed by atoms with Crippen molar-refractivity contribution in [1.82, 2.24) is 13.9 Å². The maximum absolute atomic E-state index is 12.6. The molecule has 2 aromatic heterocycles. The highest BCUT2D eigenvalue weighted by Crippen LogP contribution is 2.22. The molecular formula is C13H10IN3O2S. The Balaban J connectivity index is 2.24. The van der Waals surface area contributed by atoms with Crippen LogP contribution < -0.4 is 0 Å². The molecule has 0 fully saturated rings. The lowest BCUT2D eigenvalue weighted by Crippen LogP contribution is -2.12. The maximum atomic E-state index is 12.6. The highest BCUT2D eigenvalue weighted by molar-refractivity contribution is 14.1. The zero-order valence-corrected chi connectivity index (χ0v) is 13.5. The van der Waals surface area contributed by atoms with Crippen molar-refractivity contribution in [1.29, 1.82) is 0 Å². The molecule has 0 spiro atoms. The normalized spacial score (nSPS) is 11.9. The van der Waals surface area contributed by atoms with Crippen LogP contribution in [0.4, 0.5) is 0 Å². The first-order valence-corrected chi connectivity index (χ1v) is 8.32. The third kappa shape index (κ3) is 2.10. The fraction of sp³-hybridized carbons (Fsp3) is 0.0769. The van der Waals surface area contributed by atoms with Crippen molar-refractivity contribution in [2.45, 2.75) is 11.8 Å². The van der Waals surface area contributed by atoms with Gasteiger partial charge < -0.3 is 0 Å². The van der Waals surface area contributed by atoms with E-state index in [2.05, 4.69) is 32.6 Å².